The molecule has 1 aliphatic rings. The molecule has 2 rings (SSSR count). The highest BCUT2D eigenvalue weighted by Gasteiger charge is 2.18. The number of ether oxygens (including phenoxy) is 2. The van der Waals surface area contributed by atoms with Crippen LogP contribution in [0.2, 0.25) is 0 Å². The van der Waals surface area contributed by atoms with Gasteiger partial charge in [0, 0.05) is 30.1 Å². The molecule has 21 heavy (non-hydrogen) atoms. The molecular formula is C15H23N3O3. The molecular weight excluding hydrogens is 270 g/mol. The van der Waals surface area contributed by atoms with E-state index in [9.17, 15) is 4.79 Å². The van der Waals surface area contributed by atoms with E-state index in [1.165, 1.54) is 5.69 Å². The van der Waals surface area contributed by atoms with Crippen molar-refractivity contribution in [3.8, 4) is 0 Å². The Kier molecular flexibility index (Phi) is 5.38. The van der Waals surface area contributed by atoms with E-state index in [0.29, 0.717) is 12.7 Å². The van der Waals surface area contributed by atoms with Gasteiger partial charge in [-0.3, -0.25) is 0 Å². The fourth-order valence-corrected chi connectivity index (χ4v) is 2.55. The van der Waals surface area contributed by atoms with E-state index in [2.05, 4.69) is 28.1 Å². The van der Waals surface area contributed by atoms with Crippen molar-refractivity contribution in [3.63, 3.8) is 0 Å². The lowest BCUT2D eigenvalue weighted by atomic mass is 10.2. The van der Waals surface area contributed by atoms with E-state index in [1.807, 2.05) is 6.92 Å². The summed E-state index contributed by atoms with van der Waals surface area (Å²) < 4.78 is 12.7. The Morgan fingerprint density at radius 2 is 2.43 bits per heavy atom. The van der Waals surface area contributed by atoms with E-state index in [4.69, 9.17) is 9.47 Å². The lowest BCUT2D eigenvalue weighted by Gasteiger charge is -2.14. The molecule has 6 nitrogen and oxygen atoms in total. The zero-order chi connectivity index (χ0) is 15.2. The zero-order valence-corrected chi connectivity index (χ0v) is 12.9. The van der Waals surface area contributed by atoms with Crippen LogP contribution >= 0.6 is 0 Å². The monoisotopic (exact) mass is 293 g/mol. The van der Waals surface area contributed by atoms with Crippen molar-refractivity contribution in [2.75, 3.05) is 13.2 Å². The largest absolute Gasteiger partial charge is 0.449 e. The van der Waals surface area contributed by atoms with Crippen LogP contribution in [-0.4, -0.2) is 36.2 Å². The molecule has 1 aromatic heterocycles. The predicted molar refractivity (Wildman–Crippen MR) is 80.6 cm³/mol. The number of nitrogens with one attached hydrogen (secondary N) is 1. The van der Waals surface area contributed by atoms with E-state index in [-0.39, 0.29) is 0 Å². The highest BCUT2D eigenvalue weighted by molar-refractivity contribution is 5.82. The summed E-state index contributed by atoms with van der Waals surface area (Å²) in [4.78, 5) is 11.2. The molecule has 0 aliphatic carbocycles. The normalized spacial score (nSPS) is 18.3. The van der Waals surface area contributed by atoms with Crippen molar-refractivity contribution in [1.29, 1.82) is 0 Å². The summed E-state index contributed by atoms with van der Waals surface area (Å²) in [5.41, 5.74) is 5.61. The summed E-state index contributed by atoms with van der Waals surface area (Å²) in [6.07, 6.45) is 3.66. The Morgan fingerprint density at radius 1 is 1.62 bits per heavy atom. The topological polar surface area (TPSA) is 64.8 Å². The Hall–Kier alpha value is -1.82. The first kappa shape index (κ1) is 15.6. The van der Waals surface area contributed by atoms with Crippen molar-refractivity contribution in [2.45, 2.75) is 46.3 Å². The Morgan fingerprint density at radius 3 is 3.10 bits per heavy atom. The SMILES string of the molecule is CCOC(=O)N/N=C\c1cc(C)n(C[C@@H]2CCCO2)c1C. The van der Waals surface area contributed by atoms with Gasteiger partial charge in [-0.05, 0) is 39.7 Å². The number of carbonyl (C=O) groups is 1. The first-order chi connectivity index (χ1) is 10.1. The Labute approximate surface area is 125 Å². The van der Waals surface area contributed by atoms with Gasteiger partial charge in [0.05, 0.1) is 18.9 Å². The van der Waals surface area contributed by atoms with Gasteiger partial charge in [-0.25, -0.2) is 10.2 Å². The molecule has 1 aromatic rings. The van der Waals surface area contributed by atoms with Crippen LogP contribution in [0.4, 0.5) is 4.79 Å². The second-order valence-corrected chi connectivity index (χ2v) is 5.16. The van der Waals surface area contributed by atoms with Crippen LogP contribution in [0.5, 0.6) is 0 Å². The minimum atomic E-state index is -0.540. The molecule has 2 heterocycles. The molecule has 1 aliphatic heterocycles. The molecule has 1 N–H and O–H groups in total. The first-order valence-electron chi connectivity index (χ1n) is 7.36. The van der Waals surface area contributed by atoms with Crippen LogP contribution in [0.15, 0.2) is 11.2 Å². The third-order valence-corrected chi connectivity index (χ3v) is 3.66. The van der Waals surface area contributed by atoms with E-state index in [1.54, 1.807) is 13.1 Å². The van der Waals surface area contributed by atoms with Gasteiger partial charge < -0.3 is 14.0 Å². The number of hydrogen-bond donors (Lipinski definition) is 1. The van der Waals surface area contributed by atoms with Gasteiger partial charge >= 0.3 is 6.09 Å². The lowest BCUT2D eigenvalue weighted by molar-refractivity contribution is 0.0962. The minimum absolute atomic E-state index is 0.303. The fraction of sp³-hybridized carbons (Fsp3) is 0.600. The standard InChI is InChI=1S/C15H23N3O3/c1-4-20-15(19)17-16-9-13-8-11(2)18(12(13)3)10-14-6-5-7-21-14/h8-9,14H,4-7,10H2,1-3H3,(H,17,19)/b16-9-/t14-/m0/s1. The number of amides is 1. The zero-order valence-electron chi connectivity index (χ0n) is 12.9. The van der Waals surface area contributed by atoms with Gasteiger partial charge in [-0.1, -0.05) is 0 Å². The van der Waals surface area contributed by atoms with E-state index in [0.717, 1.165) is 37.3 Å². The smallest absolute Gasteiger partial charge is 0.427 e. The molecule has 6 heteroatoms. The molecule has 0 saturated carbocycles. The van der Waals surface area contributed by atoms with Crippen molar-refractivity contribution < 1.29 is 14.3 Å². The summed E-state index contributed by atoms with van der Waals surface area (Å²) in [5.74, 6) is 0. The molecule has 1 amide bonds. The third kappa shape index (κ3) is 4.07. The maximum absolute atomic E-state index is 11.2. The molecule has 1 saturated heterocycles. The first-order valence-corrected chi connectivity index (χ1v) is 7.36. The molecule has 0 bridgehead atoms. The molecule has 116 valence electrons. The van der Waals surface area contributed by atoms with Gasteiger partial charge in [-0.2, -0.15) is 5.10 Å². The summed E-state index contributed by atoms with van der Waals surface area (Å²) >= 11 is 0. The minimum Gasteiger partial charge on any atom is -0.449 e. The summed E-state index contributed by atoms with van der Waals surface area (Å²) in [5, 5.41) is 3.91. The van der Waals surface area contributed by atoms with Gasteiger partial charge in [-0.15, -0.1) is 0 Å². The van der Waals surface area contributed by atoms with Crippen molar-refractivity contribution in [2.24, 2.45) is 5.10 Å². The molecule has 1 fully saturated rings. The average Bonchev–Trinajstić information content (AvgIpc) is 3.04. The molecule has 0 spiro atoms. The quantitative estimate of drug-likeness (QED) is 0.669. The highest BCUT2D eigenvalue weighted by atomic mass is 16.5. The van der Waals surface area contributed by atoms with Gasteiger partial charge in [0.2, 0.25) is 0 Å². The maximum atomic E-state index is 11.2. The van der Waals surface area contributed by atoms with Crippen LogP contribution in [0.25, 0.3) is 0 Å². The summed E-state index contributed by atoms with van der Waals surface area (Å²) in [6.45, 7) is 7.93. The lowest BCUT2D eigenvalue weighted by Crippen LogP contribution is -2.19. The number of rotatable bonds is 5. The van der Waals surface area contributed by atoms with Crippen LogP contribution in [0.1, 0.15) is 36.7 Å². The number of hydrazone groups is 1. The van der Waals surface area contributed by atoms with Gasteiger partial charge in [0.25, 0.3) is 0 Å². The second-order valence-electron chi connectivity index (χ2n) is 5.16. The highest BCUT2D eigenvalue weighted by Crippen LogP contribution is 2.19. The number of nitrogens with zero attached hydrogens (tertiary/aromatic N) is 2. The predicted octanol–water partition coefficient (Wildman–Crippen LogP) is 2.36. The van der Waals surface area contributed by atoms with Crippen LogP contribution in [0.3, 0.4) is 0 Å². The molecule has 0 radical (unpaired) electrons. The second kappa shape index (κ2) is 7.26. The number of aryl methyl sites for hydroxylation is 1. The van der Waals surface area contributed by atoms with E-state index < -0.39 is 6.09 Å². The van der Waals surface area contributed by atoms with Crippen molar-refractivity contribution >= 4 is 12.3 Å². The van der Waals surface area contributed by atoms with Gasteiger partial charge in [0.15, 0.2) is 0 Å². The van der Waals surface area contributed by atoms with Crippen LogP contribution in [0, 0.1) is 13.8 Å². The Bertz CT molecular complexity index is 516. The fourth-order valence-electron chi connectivity index (χ4n) is 2.55. The van der Waals surface area contributed by atoms with Gasteiger partial charge in [0.1, 0.15) is 0 Å². The van der Waals surface area contributed by atoms with Crippen molar-refractivity contribution in [1.82, 2.24) is 9.99 Å². The average molecular weight is 293 g/mol. The number of aromatic nitrogens is 1. The Balaban J connectivity index is 2.00. The molecule has 1 atom stereocenters. The van der Waals surface area contributed by atoms with E-state index >= 15 is 0 Å². The molecule has 0 unspecified atom stereocenters. The summed E-state index contributed by atoms with van der Waals surface area (Å²) in [6, 6.07) is 2.06. The van der Waals surface area contributed by atoms with Crippen molar-refractivity contribution in [3.05, 3.63) is 23.0 Å². The number of hydrogen-bond acceptors (Lipinski definition) is 4. The van der Waals surface area contributed by atoms with Crippen LogP contribution < -0.4 is 5.43 Å². The number of carbonyl (C=O) groups excluding carboxylic acids is 1. The third-order valence-electron chi connectivity index (χ3n) is 3.66. The summed E-state index contributed by atoms with van der Waals surface area (Å²) in [7, 11) is 0. The maximum Gasteiger partial charge on any atom is 0.427 e. The van der Waals surface area contributed by atoms with Crippen LogP contribution in [-0.2, 0) is 16.0 Å². The molecule has 0 aromatic carbocycles.